The van der Waals surface area contributed by atoms with Crippen molar-refractivity contribution < 1.29 is 4.79 Å². The van der Waals surface area contributed by atoms with Gasteiger partial charge >= 0.3 is 5.69 Å². The van der Waals surface area contributed by atoms with Crippen LogP contribution in [0.3, 0.4) is 0 Å². The third-order valence-electron chi connectivity index (χ3n) is 3.92. The molecule has 0 saturated carbocycles. The molecule has 27 heavy (non-hydrogen) atoms. The number of nitrogens with zero attached hydrogens (tertiary/aromatic N) is 2. The Kier molecular flexibility index (Phi) is 7.09. The van der Waals surface area contributed by atoms with Gasteiger partial charge in [0.1, 0.15) is 11.5 Å². The van der Waals surface area contributed by atoms with Gasteiger partial charge in [-0.1, -0.05) is 40.9 Å². The zero-order valence-electron chi connectivity index (χ0n) is 15.0. The number of rotatable bonds is 7. The summed E-state index contributed by atoms with van der Waals surface area (Å²) in [4.78, 5) is 40.2. The lowest BCUT2D eigenvalue weighted by molar-refractivity contribution is -0.114. The van der Waals surface area contributed by atoms with Crippen molar-refractivity contribution in [3.8, 4) is 0 Å². The second-order valence-corrected chi connectivity index (χ2v) is 7.35. The molecular formula is C17H21BrClN5O3. The summed E-state index contributed by atoms with van der Waals surface area (Å²) in [6.07, 6.45) is 1.61. The summed E-state index contributed by atoms with van der Waals surface area (Å²) in [5.41, 5.74) is 5.37. The molecule has 0 aliphatic carbocycles. The van der Waals surface area contributed by atoms with E-state index in [1.807, 2.05) is 6.92 Å². The van der Waals surface area contributed by atoms with Crippen LogP contribution < -0.4 is 27.2 Å². The van der Waals surface area contributed by atoms with Gasteiger partial charge in [0.25, 0.3) is 5.56 Å². The molecule has 4 N–H and O–H groups in total. The molecule has 2 rings (SSSR count). The van der Waals surface area contributed by atoms with E-state index in [-0.39, 0.29) is 24.0 Å². The van der Waals surface area contributed by atoms with Crippen molar-refractivity contribution in [2.45, 2.75) is 26.3 Å². The van der Waals surface area contributed by atoms with E-state index in [2.05, 4.69) is 26.2 Å². The minimum Gasteiger partial charge on any atom is -0.383 e. The molecule has 0 aliphatic heterocycles. The molecule has 1 aromatic carbocycles. The Morgan fingerprint density at radius 2 is 2.11 bits per heavy atom. The average Bonchev–Trinajstić information content (AvgIpc) is 2.57. The highest BCUT2D eigenvalue weighted by molar-refractivity contribution is 9.10. The maximum atomic E-state index is 12.3. The molecule has 1 heterocycles. The maximum absolute atomic E-state index is 12.3. The lowest BCUT2D eigenvalue weighted by Gasteiger charge is -2.21. The molecule has 2 aromatic rings. The molecule has 10 heteroatoms. The smallest absolute Gasteiger partial charge is 0.330 e. The summed E-state index contributed by atoms with van der Waals surface area (Å²) < 4.78 is 2.09. The first-order valence-corrected chi connectivity index (χ1v) is 9.50. The van der Waals surface area contributed by atoms with Crippen LogP contribution in [-0.2, 0) is 11.3 Å². The van der Waals surface area contributed by atoms with Crippen LogP contribution in [0.25, 0.3) is 0 Å². The van der Waals surface area contributed by atoms with Crippen molar-refractivity contribution in [1.29, 1.82) is 0 Å². The van der Waals surface area contributed by atoms with Crippen molar-refractivity contribution in [3.63, 3.8) is 0 Å². The first kappa shape index (κ1) is 21.0. The molecule has 0 fully saturated rings. The van der Waals surface area contributed by atoms with Gasteiger partial charge in [-0.05, 0) is 24.6 Å². The van der Waals surface area contributed by atoms with Gasteiger partial charge in [-0.2, -0.15) is 0 Å². The number of nitrogen functional groups attached to an aromatic ring is 1. The largest absolute Gasteiger partial charge is 0.383 e. The summed E-state index contributed by atoms with van der Waals surface area (Å²) in [5.74, 6) is -0.346. The topological polar surface area (TPSA) is 113 Å². The van der Waals surface area contributed by atoms with Crippen molar-refractivity contribution in [3.05, 3.63) is 48.5 Å². The molecular weight excluding hydrogens is 438 g/mol. The fraction of sp³-hybridized carbons (Fsp3) is 0.353. The van der Waals surface area contributed by atoms with E-state index in [1.165, 1.54) is 9.47 Å². The summed E-state index contributed by atoms with van der Waals surface area (Å²) in [5, 5.41) is 3.06. The average molecular weight is 459 g/mol. The molecule has 0 radical (unpaired) electrons. The molecule has 0 unspecified atom stereocenters. The number of hydrogen-bond acceptors (Lipinski definition) is 5. The van der Waals surface area contributed by atoms with E-state index in [9.17, 15) is 14.4 Å². The third-order valence-corrected chi connectivity index (χ3v) is 4.72. The number of halogens is 2. The summed E-state index contributed by atoms with van der Waals surface area (Å²) in [7, 11) is 1.55. The number of nitrogens with two attached hydrogens (primary N) is 1. The lowest BCUT2D eigenvalue weighted by atomic mass is 10.3. The van der Waals surface area contributed by atoms with Crippen LogP contribution >= 0.6 is 27.5 Å². The lowest BCUT2D eigenvalue weighted by Crippen LogP contribution is -2.39. The molecule has 0 bridgehead atoms. The molecule has 0 saturated heterocycles. The molecule has 0 spiro atoms. The normalized spacial score (nSPS) is 10.7. The van der Waals surface area contributed by atoms with Gasteiger partial charge < -0.3 is 16.0 Å². The van der Waals surface area contributed by atoms with Gasteiger partial charge in [-0.25, -0.2) is 4.79 Å². The van der Waals surface area contributed by atoms with E-state index < -0.39 is 11.2 Å². The second kappa shape index (κ2) is 9.09. The number of carbonyl (C=O) groups is 1. The summed E-state index contributed by atoms with van der Waals surface area (Å²) in [6.45, 7) is 2.22. The minimum atomic E-state index is -0.637. The number of aromatic amines is 1. The van der Waals surface area contributed by atoms with Crippen LogP contribution in [0.15, 0.2) is 32.3 Å². The molecule has 0 aliphatic rings. The van der Waals surface area contributed by atoms with Gasteiger partial charge in [0.2, 0.25) is 5.91 Å². The molecule has 1 aromatic heterocycles. The van der Waals surface area contributed by atoms with Gasteiger partial charge in [0.05, 0.1) is 17.3 Å². The first-order chi connectivity index (χ1) is 12.7. The van der Waals surface area contributed by atoms with Crippen molar-refractivity contribution >= 4 is 50.6 Å². The van der Waals surface area contributed by atoms with Crippen molar-refractivity contribution in [1.82, 2.24) is 9.55 Å². The van der Waals surface area contributed by atoms with E-state index >= 15 is 0 Å². The Labute approximate surface area is 169 Å². The third kappa shape index (κ3) is 5.14. The van der Waals surface area contributed by atoms with Crippen LogP contribution in [0.2, 0.25) is 5.02 Å². The van der Waals surface area contributed by atoms with Gasteiger partial charge in [-0.15, -0.1) is 0 Å². The van der Waals surface area contributed by atoms with Crippen LogP contribution in [0.5, 0.6) is 0 Å². The number of unbranched alkanes of at least 4 members (excludes halogenated alkanes) is 1. The number of anilines is 3. The molecule has 8 nitrogen and oxygen atoms in total. The Bertz CT molecular complexity index is 957. The Balaban J connectivity index is 2.22. The van der Waals surface area contributed by atoms with Crippen LogP contribution in [0.4, 0.5) is 17.2 Å². The van der Waals surface area contributed by atoms with Gasteiger partial charge in [-0.3, -0.25) is 19.1 Å². The Hall–Kier alpha value is -2.26. The van der Waals surface area contributed by atoms with Gasteiger partial charge in [0, 0.05) is 18.1 Å². The SMILES string of the molecule is CCCCn1c(N)c(N(C)CC(=O)Nc2ccc(Br)cc2Cl)c(=O)[nH]c1=O. The van der Waals surface area contributed by atoms with E-state index in [1.54, 1.807) is 25.2 Å². The maximum Gasteiger partial charge on any atom is 0.330 e. The highest BCUT2D eigenvalue weighted by Gasteiger charge is 2.18. The number of hydrogen-bond donors (Lipinski definition) is 3. The molecule has 1 amide bonds. The number of nitrogens with one attached hydrogen (secondary N) is 2. The van der Waals surface area contributed by atoms with Crippen LogP contribution in [0.1, 0.15) is 19.8 Å². The summed E-state index contributed by atoms with van der Waals surface area (Å²) in [6, 6.07) is 5.07. The number of likely N-dealkylation sites (N-methyl/N-ethyl adjacent to an activating group) is 1. The monoisotopic (exact) mass is 457 g/mol. The zero-order valence-corrected chi connectivity index (χ0v) is 17.4. The Morgan fingerprint density at radius 3 is 2.74 bits per heavy atom. The first-order valence-electron chi connectivity index (χ1n) is 8.33. The van der Waals surface area contributed by atoms with Crippen molar-refractivity contribution in [2.24, 2.45) is 0 Å². The van der Waals surface area contributed by atoms with E-state index in [4.69, 9.17) is 17.3 Å². The highest BCUT2D eigenvalue weighted by Crippen LogP contribution is 2.25. The van der Waals surface area contributed by atoms with Gasteiger partial charge in [0.15, 0.2) is 0 Å². The number of benzene rings is 1. The standard InChI is InChI=1S/C17H21BrClN5O3/c1-3-4-7-24-15(20)14(16(26)22-17(24)27)23(2)9-13(25)21-12-6-5-10(18)8-11(12)19/h5-6,8H,3-4,7,9,20H2,1-2H3,(H,21,25)(H,22,26,27). The highest BCUT2D eigenvalue weighted by atomic mass is 79.9. The second-order valence-electron chi connectivity index (χ2n) is 6.03. The predicted octanol–water partition coefficient (Wildman–Crippen LogP) is 2.41. The van der Waals surface area contributed by atoms with Crippen LogP contribution in [-0.4, -0.2) is 29.1 Å². The fourth-order valence-corrected chi connectivity index (χ4v) is 3.28. The molecule has 0 atom stereocenters. The predicted molar refractivity (Wildman–Crippen MR) is 112 cm³/mol. The Morgan fingerprint density at radius 1 is 1.41 bits per heavy atom. The number of H-pyrrole nitrogens is 1. The number of carbonyl (C=O) groups excluding carboxylic acids is 1. The number of amides is 1. The summed E-state index contributed by atoms with van der Waals surface area (Å²) >= 11 is 9.39. The minimum absolute atomic E-state index is 0.0363. The van der Waals surface area contributed by atoms with Crippen LogP contribution in [0, 0.1) is 0 Å². The van der Waals surface area contributed by atoms with Crippen molar-refractivity contribution in [2.75, 3.05) is 29.5 Å². The zero-order chi connectivity index (χ0) is 20.1. The molecule has 146 valence electrons. The number of aromatic nitrogens is 2. The van der Waals surface area contributed by atoms with E-state index in [0.29, 0.717) is 17.3 Å². The quantitative estimate of drug-likeness (QED) is 0.590. The fourth-order valence-electron chi connectivity index (χ4n) is 2.56. The van der Waals surface area contributed by atoms with E-state index in [0.717, 1.165) is 17.3 Å².